The fourth-order valence-electron chi connectivity index (χ4n) is 2.90. The average Bonchev–Trinajstić information content (AvgIpc) is 2.52. The minimum Gasteiger partial charge on any atom is -0.314 e. The van der Waals surface area contributed by atoms with Crippen LogP contribution in [0.3, 0.4) is 0 Å². The molecule has 2 aliphatic rings. The maximum Gasteiger partial charge on any atom is 0.0132 e. The zero-order chi connectivity index (χ0) is 9.97. The highest BCUT2D eigenvalue weighted by atomic mass is 15.1. The number of nitrogens with zero attached hydrogens (tertiary/aromatic N) is 1. The van der Waals surface area contributed by atoms with E-state index in [2.05, 4.69) is 24.3 Å². The molecule has 1 saturated carbocycles. The molecule has 0 bridgehead atoms. The minimum absolute atomic E-state index is 0.808. The van der Waals surface area contributed by atoms with Crippen LogP contribution in [0.15, 0.2) is 0 Å². The van der Waals surface area contributed by atoms with Gasteiger partial charge < -0.3 is 10.2 Å². The second kappa shape index (κ2) is 4.63. The van der Waals surface area contributed by atoms with E-state index in [1.165, 1.54) is 45.1 Å². The molecule has 82 valence electrons. The lowest BCUT2D eigenvalue weighted by atomic mass is 9.77. The van der Waals surface area contributed by atoms with E-state index in [0.717, 1.165) is 18.0 Å². The Morgan fingerprint density at radius 1 is 1.21 bits per heavy atom. The van der Waals surface area contributed by atoms with E-state index in [1.54, 1.807) is 0 Å². The summed E-state index contributed by atoms with van der Waals surface area (Å²) in [6, 6.07) is 1.64. The van der Waals surface area contributed by atoms with Crippen LogP contribution < -0.4 is 5.32 Å². The van der Waals surface area contributed by atoms with Crippen LogP contribution in [0.1, 0.15) is 38.5 Å². The highest BCUT2D eigenvalue weighted by Crippen LogP contribution is 2.34. The Balaban J connectivity index is 1.83. The van der Waals surface area contributed by atoms with Crippen molar-refractivity contribution in [3.8, 4) is 0 Å². The van der Waals surface area contributed by atoms with Crippen LogP contribution in [0.4, 0.5) is 0 Å². The summed E-state index contributed by atoms with van der Waals surface area (Å²) in [5.74, 6) is 0.993. The predicted molar refractivity (Wildman–Crippen MR) is 60.5 cm³/mol. The first kappa shape index (κ1) is 10.4. The first-order chi connectivity index (χ1) is 6.77. The van der Waals surface area contributed by atoms with Crippen LogP contribution in [-0.2, 0) is 0 Å². The molecule has 1 aliphatic heterocycles. The highest BCUT2D eigenvalue weighted by molar-refractivity contribution is 4.87. The summed E-state index contributed by atoms with van der Waals surface area (Å²) in [4.78, 5) is 2.45. The summed E-state index contributed by atoms with van der Waals surface area (Å²) in [5, 5.41) is 3.62. The molecule has 0 aromatic carbocycles. The van der Waals surface area contributed by atoms with Gasteiger partial charge in [-0.3, -0.25) is 0 Å². The highest BCUT2D eigenvalue weighted by Gasteiger charge is 2.31. The normalized spacial score (nSPS) is 30.6. The quantitative estimate of drug-likeness (QED) is 0.738. The molecule has 2 nitrogen and oxygen atoms in total. The van der Waals surface area contributed by atoms with Gasteiger partial charge in [-0.1, -0.05) is 6.42 Å². The zero-order valence-corrected chi connectivity index (χ0v) is 9.63. The topological polar surface area (TPSA) is 15.3 Å². The summed E-state index contributed by atoms with van der Waals surface area (Å²) in [7, 11) is 4.50. The summed E-state index contributed by atoms with van der Waals surface area (Å²) in [5.41, 5.74) is 0. The van der Waals surface area contributed by atoms with Gasteiger partial charge in [0.1, 0.15) is 0 Å². The average molecular weight is 196 g/mol. The second-order valence-corrected chi connectivity index (χ2v) is 5.25. The number of rotatable bonds is 4. The van der Waals surface area contributed by atoms with Gasteiger partial charge >= 0.3 is 0 Å². The standard InChI is InChI=1S/C12H24N2/c1-14(2)12(10-5-3-6-10)9-11-7-4-8-13-11/h10-13H,3-9H2,1-2H3. The minimum atomic E-state index is 0.808. The zero-order valence-electron chi connectivity index (χ0n) is 9.63. The molecule has 0 amide bonds. The number of hydrogen-bond acceptors (Lipinski definition) is 2. The van der Waals surface area contributed by atoms with Gasteiger partial charge in [-0.2, -0.15) is 0 Å². The molecule has 0 spiro atoms. The molecule has 1 aliphatic carbocycles. The Morgan fingerprint density at radius 3 is 2.43 bits per heavy atom. The molecule has 2 heteroatoms. The molecule has 0 aromatic rings. The van der Waals surface area contributed by atoms with Crippen molar-refractivity contribution >= 4 is 0 Å². The summed E-state index contributed by atoms with van der Waals surface area (Å²) in [6.07, 6.45) is 8.56. The summed E-state index contributed by atoms with van der Waals surface area (Å²) >= 11 is 0. The molecule has 1 N–H and O–H groups in total. The monoisotopic (exact) mass is 196 g/mol. The number of nitrogens with one attached hydrogen (secondary N) is 1. The molecule has 2 unspecified atom stereocenters. The molecule has 1 heterocycles. The molecule has 1 saturated heterocycles. The predicted octanol–water partition coefficient (Wildman–Crippen LogP) is 1.86. The maximum atomic E-state index is 3.62. The van der Waals surface area contributed by atoms with Gasteiger partial charge in [-0.05, 0) is 58.7 Å². The largest absolute Gasteiger partial charge is 0.314 e. The van der Waals surface area contributed by atoms with Crippen molar-refractivity contribution in [3.63, 3.8) is 0 Å². The Morgan fingerprint density at radius 2 is 2.00 bits per heavy atom. The fraction of sp³-hybridized carbons (Fsp3) is 1.00. The molecule has 2 atom stereocenters. The van der Waals surface area contributed by atoms with E-state index in [0.29, 0.717) is 0 Å². The van der Waals surface area contributed by atoms with E-state index < -0.39 is 0 Å². The molecule has 0 aromatic heterocycles. The fourth-order valence-corrected chi connectivity index (χ4v) is 2.90. The van der Waals surface area contributed by atoms with Gasteiger partial charge in [0, 0.05) is 12.1 Å². The van der Waals surface area contributed by atoms with Crippen molar-refractivity contribution < 1.29 is 0 Å². The van der Waals surface area contributed by atoms with Crippen LogP contribution in [0.2, 0.25) is 0 Å². The van der Waals surface area contributed by atoms with Gasteiger partial charge in [0.2, 0.25) is 0 Å². The van der Waals surface area contributed by atoms with Crippen LogP contribution in [-0.4, -0.2) is 37.6 Å². The van der Waals surface area contributed by atoms with E-state index in [9.17, 15) is 0 Å². The van der Waals surface area contributed by atoms with Crippen molar-refractivity contribution in [1.82, 2.24) is 10.2 Å². The van der Waals surface area contributed by atoms with E-state index in [1.807, 2.05) is 0 Å². The number of hydrogen-bond donors (Lipinski definition) is 1. The van der Waals surface area contributed by atoms with E-state index in [-0.39, 0.29) is 0 Å². The van der Waals surface area contributed by atoms with Gasteiger partial charge in [-0.15, -0.1) is 0 Å². The Kier molecular flexibility index (Phi) is 3.45. The van der Waals surface area contributed by atoms with Crippen molar-refractivity contribution in [1.29, 1.82) is 0 Å². The molecule has 14 heavy (non-hydrogen) atoms. The summed E-state index contributed by atoms with van der Waals surface area (Å²) < 4.78 is 0. The Hall–Kier alpha value is -0.0800. The maximum absolute atomic E-state index is 3.62. The van der Waals surface area contributed by atoms with E-state index >= 15 is 0 Å². The van der Waals surface area contributed by atoms with Crippen LogP contribution in [0, 0.1) is 5.92 Å². The molecular formula is C12H24N2. The Labute approximate surface area is 88.1 Å². The summed E-state index contributed by atoms with van der Waals surface area (Å²) in [6.45, 7) is 1.25. The van der Waals surface area contributed by atoms with Crippen LogP contribution in [0.25, 0.3) is 0 Å². The van der Waals surface area contributed by atoms with Crippen LogP contribution >= 0.6 is 0 Å². The van der Waals surface area contributed by atoms with Crippen molar-refractivity contribution in [2.45, 2.75) is 50.6 Å². The third-order valence-corrected chi connectivity index (χ3v) is 4.05. The molecule has 0 radical (unpaired) electrons. The van der Waals surface area contributed by atoms with Crippen molar-refractivity contribution in [3.05, 3.63) is 0 Å². The van der Waals surface area contributed by atoms with Crippen LogP contribution in [0.5, 0.6) is 0 Å². The van der Waals surface area contributed by atoms with Gasteiger partial charge in [-0.25, -0.2) is 0 Å². The van der Waals surface area contributed by atoms with Crippen molar-refractivity contribution in [2.75, 3.05) is 20.6 Å². The van der Waals surface area contributed by atoms with Gasteiger partial charge in [0.05, 0.1) is 0 Å². The third-order valence-electron chi connectivity index (χ3n) is 4.05. The van der Waals surface area contributed by atoms with Gasteiger partial charge in [0.25, 0.3) is 0 Å². The molecular weight excluding hydrogens is 172 g/mol. The lowest BCUT2D eigenvalue weighted by molar-refractivity contribution is 0.124. The smallest absolute Gasteiger partial charge is 0.0132 e. The van der Waals surface area contributed by atoms with Gasteiger partial charge in [0.15, 0.2) is 0 Å². The lowest BCUT2D eigenvalue weighted by Gasteiger charge is -2.39. The first-order valence-corrected chi connectivity index (χ1v) is 6.17. The third kappa shape index (κ3) is 2.29. The SMILES string of the molecule is CN(C)C(CC1CCCN1)C1CCC1. The molecule has 2 fully saturated rings. The first-order valence-electron chi connectivity index (χ1n) is 6.17. The molecule has 2 rings (SSSR count). The Bertz CT molecular complexity index is 169. The van der Waals surface area contributed by atoms with Crippen molar-refractivity contribution in [2.24, 2.45) is 5.92 Å². The second-order valence-electron chi connectivity index (χ2n) is 5.25. The lowest BCUT2D eigenvalue weighted by Crippen LogP contribution is -2.42. The van der Waals surface area contributed by atoms with E-state index in [4.69, 9.17) is 0 Å².